The Bertz CT molecular complexity index is 1130. The standard InChI is InChI=1S/C24H25N3O5S/c1-4-17(21(25)23(29)32-13-15-8-6-5-7-9-15)22(28)27-24-26-18(14-33-24)16-10-11-19(30-2)20(12-16)31-3/h5-12,14,17,25H,4,13H2,1-3H3,(H,26,27,28). The monoisotopic (exact) mass is 467 g/mol. The number of nitrogens with one attached hydrogen (secondary N) is 2. The maximum atomic E-state index is 12.8. The van der Waals surface area contributed by atoms with Gasteiger partial charge in [0.1, 0.15) is 12.3 Å². The van der Waals surface area contributed by atoms with Crippen LogP contribution in [0.2, 0.25) is 0 Å². The summed E-state index contributed by atoms with van der Waals surface area (Å²) in [7, 11) is 3.12. The van der Waals surface area contributed by atoms with Crippen LogP contribution in [-0.2, 0) is 20.9 Å². The van der Waals surface area contributed by atoms with E-state index in [1.807, 2.05) is 36.4 Å². The van der Waals surface area contributed by atoms with E-state index in [4.69, 9.17) is 19.6 Å². The first kappa shape index (κ1) is 23.9. The third kappa shape index (κ3) is 5.95. The second-order valence-corrected chi connectivity index (χ2v) is 7.89. The Kier molecular flexibility index (Phi) is 8.15. The molecule has 8 nitrogen and oxygen atoms in total. The average molecular weight is 468 g/mol. The van der Waals surface area contributed by atoms with Gasteiger partial charge in [0.2, 0.25) is 5.91 Å². The van der Waals surface area contributed by atoms with E-state index in [1.165, 1.54) is 11.3 Å². The SMILES string of the molecule is CCC(C(=N)C(=O)OCc1ccccc1)C(=O)Nc1nc(-c2ccc(OC)c(OC)c2)cs1. The van der Waals surface area contributed by atoms with E-state index >= 15 is 0 Å². The van der Waals surface area contributed by atoms with Gasteiger partial charge in [0.05, 0.1) is 25.8 Å². The third-order valence-electron chi connectivity index (χ3n) is 4.92. The lowest BCUT2D eigenvalue weighted by molar-refractivity contribution is -0.137. The number of methoxy groups -OCH3 is 2. The molecular formula is C24H25N3O5S. The van der Waals surface area contributed by atoms with Crippen molar-refractivity contribution in [3.05, 3.63) is 59.5 Å². The number of hydrogen-bond donors (Lipinski definition) is 2. The van der Waals surface area contributed by atoms with Gasteiger partial charge in [0.15, 0.2) is 16.6 Å². The van der Waals surface area contributed by atoms with Crippen LogP contribution in [0.3, 0.4) is 0 Å². The highest BCUT2D eigenvalue weighted by molar-refractivity contribution is 7.14. The summed E-state index contributed by atoms with van der Waals surface area (Å²) in [4.78, 5) is 29.5. The van der Waals surface area contributed by atoms with E-state index < -0.39 is 17.8 Å². The summed E-state index contributed by atoms with van der Waals surface area (Å²) < 4.78 is 15.8. The molecule has 0 aliphatic carbocycles. The molecule has 2 N–H and O–H groups in total. The molecule has 1 unspecified atom stereocenters. The Morgan fingerprint density at radius 2 is 1.82 bits per heavy atom. The minimum Gasteiger partial charge on any atom is -0.493 e. The van der Waals surface area contributed by atoms with E-state index in [2.05, 4.69) is 10.3 Å². The zero-order chi connectivity index (χ0) is 23.8. The molecule has 9 heteroatoms. The van der Waals surface area contributed by atoms with Crippen molar-refractivity contribution in [1.29, 1.82) is 5.41 Å². The highest BCUT2D eigenvalue weighted by atomic mass is 32.1. The Hall–Kier alpha value is -3.72. The molecule has 3 rings (SSSR count). The van der Waals surface area contributed by atoms with Gasteiger partial charge >= 0.3 is 5.97 Å². The predicted molar refractivity (Wildman–Crippen MR) is 127 cm³/mol. The molecule has 0 aliphatic rings. The van der Waals surface area contributed by atoms with Crippen LogP contribution in [0, 0.1) is 11.3 Å². The summed E-state index contributed by atoms with van der Waals surface area (Å²) in [6.45, 7) is 1.78. The summed E-state index contributed by atoms with van der Waals surface area (Å²) in [6.07, 6.45) is 0.277. The normalized spacial score (nSPS) is 11.4. The molecule has 33 heavy (non-hydrogen) atoms. The Morgan fingerprint density at radius 1 is 1.09 bits per heavy atom. The number of amides is 1. The van der Waals surface area contributed by atoms with E-state index in [1.54, 1.807) is 38.7 Å². The highest BCUT2D eigenvalue weighted by Crippen LogP contribution is 2.33. The molecule has 172 valence electrons. The first-order valence-corrected chi connectivity index (χ1v) is 11.1. The number of rotatable bonds is 10. The fourth-order valence-electron chi connectivity index (χ4n) is 3.12. The highest BCUT2D eigenvalue weighted by Gasteiger charge is 2.28. The summed E-state index contributed by atoms with van der Waals surface area (Å²) in [5.74, 6) is -1.06. The maximum absolute atomic E-state index is 12.8. The number of aromatic nitrogens is 1. The quantitative estimate of drug-likeness (QED) is 0.334. The van der Waals surface area contributed by atoms with Gasteiger partial charge in [-0.25, -0.2) is 9.78 Å². The Labute approximate surface area is 196 Å². The number of esters is 1. The molecule has 0 bridgehead atoms. The molecule has 0 saturated carbocycles. The number of carbonyl (C=O) groups is 2. The lowest BCUT2D eigenvalue weighted by Gasteiger charge is -2.14. The average Bonchev–Trinajstić information content (AvgIpc) is 3.31. The van der Waals surface area contributed by atoms with Gasteiger partial charge in [-0.1, -0.05) is 37.3 Å². The van der Waals surface area contributed by atoms with Crippen molar-refractivity contribution in [2.24, 2.45) is 5.92 Å². The van der Waals surface area contributed by atoms with Crippen molar-refractivity contribution >= 4 is 34.1 Å². The van der Waals surface area contributed by atoms with Gasteiger partial charge in [-0.2, -0.15) is 0 Å². The summed E-state index contributed by atoms with van der Waals surface area (Å²) in [5, 5.41) is 13.0. The number of ether oxygens (including phenoxy) is 3. The number of carbonyl (C=O) groups excluding carboxylic acids is 2. The fraction of sp³-hybridized carbons (Fsp3) is 0.250. The van der Waals surface area contributed by atoms with Gasteiger partial charge in [0, 0.05) is 10.9 Å². The number of nitrogens with zero attached hydrogens (tertiary/aromatic N) is 1. The van der Waals surface area contributed by atoms with Gasteiger partial charge in [-0.05, 0) is 30.2 Å². The van der Waals surface area contributed by atoms with Crippen molar-refractivity contribution in [3.63, 3.8) is 0 Å². The number of benzene rings is 2. The molecule has 0 radical (unpaired) electrons. The van der Waals surface area contributed by atoms with E-state index in [9.17, 15) is 9.59 Å². The molecule has 1 aromatic heterocycles. The second kappa shape index (κ2) is 11.2. The zero-order valence-corrected chi connectivity index (χ0v) is 19.4. The van der Waals surface area contributed by atoms with Gasteiger partial charge < -0.3 is 19.5 Å². The predicted octanol–water partition coefficient (Wildman–Crippen LogP) is 4.56. The van der Waals surface area contributed by atoms with Crippen molar-refractivity contribution < 1.29 is 23.8 Å². The molecule has 1 atom stereocenters. The van der Waals surface area contributed by atoms with Crippen LogP contribution in [0.15, 0.2) is 53.9 Å². The molecule has 0 spiro atoms. The number of hydrogen-bond acceptors (Lipinski definition) is 8. The second-order valence-electron chi connectivity index (χ2n) is 7.03. The molecule has 2 aromatic carbocycles. The van der Waals surface area contributed by atoms with Crippen LogP contribution in [0.5, 0.6) is 11.5 Å². The van der Waals surface area contributed by atoms with E-state index in [-0.39, 0.29) is 18.7 Å². The summed E-state index contributed by atoms with van der Waals surface area (Å²) in [5.41, 5.74) is 1.87. The third-order valence-corrected chi connectivity index (χ3v) is 5.68. The molecule has 0 fully saturated rings. The first-order chi connectivity index (χ1) is 16.0. The van der Waals surface area contributed by atoms with Crippen LogP contribution < -0.4 is 14.8 Å². The van der Waals surface area contributed by atoms with Gasteiger partial charge in [-0.3, -0.25) is 10.2 Å². The van der Waals surface area contributed by atoms with Crippen LogP contribution >= 0.6 is 11.3 Å². The number of thiazole rings is 1. The summed E-state index contributed by atoms with van der Waals surface area (Å²) >= 11 is 1.25. The lowest BCUT2D eigenvalue weighted by atomic mass is 9.99. The van der Waals surface area contributed by atoms with Crippen LogP contribution in [0.4, 0.5) is 5.13 Å². The zero-order valence-electron chi connectivity index (χ0n) is 18.6. The molecule has 0 aliphatic heterocycles. The van der Waals surface area contributed by atoms with E-state index in [0.29, 0.717) is 22.3 Å². The topological polar surface area (TPSA) is 111 Å². The van der Waals surface area contributed by atoms with Gasteiger partial charge in [0.25, 0.3) is 0 Å². The van der Waals surface area contributed by atoms with E-state index in [0.717, 1.165) is 11.1 Å². The first-order valence-electron chi connectivity index (χ1n) is 10.2. The van der Waals surface area contributed by atoms with Crippen molar-refractivity contribution in [2.45, 2.75) is 20.0 Å². The largest absolute Gasteiger partial charge is 0.493 e. The molecule has 3 aromatic rings. The Balaban J connectivity index is 1.64. The number of anilines is 1. The molecular weight excluding hydrogens is 442 g/mol. The van der Waals surface area contributed by atoms with Crippen LogP contribution in [0.25, 0.3) is 11.3 Å². The van der Waals surface area contributed by atoms with Gasteiger partial charge in [-0.15, -0.1) is 11.3 Å². The van der Waals surface area contributed by atoms with Crippen molar-refractivity contribution in [2.75, 3.05) is 19.5 Å². The Morgan fingerprint density at radius 3 is 2.48 bits per heavy atom. The fourth-order valence-corrected chi connectivity index (χ4v) is 3.84. The van der Waals surface area contributed by atoms with Crippen molar-refractivity contribution in [3.8, 4) is 22.8 Å². The molecule has 0 saturated heterocycles. The van der Waals surface area contributed by atoms with Crippen LogP contribution in [0.1, 0.15) is 18.9 Å². The van der Waals surface area contributed by atoms with Crippen molar-refractivity contribution in [1.82, 2.24) is 4.98 Å². The summed E-state index contributed by atoms with van der Waals surface area (Å²) in [6, 6.07) is 14.6. The smallest absolute Gasteiger partial charge is 0.353 e. The minimum absolute atomic E-state index is 0.0429. The lowest BCUT2D eigenvalue weighted by Crippen LogP contribution is -2.34. The minimum atomic E-state index is -0.943. The maximum Gasteiger partial charge on any atom is 0.353 e. The van der Waals surface area contributed by atoms with Crippen LogP contribution in [-0.4, -0.2) is 36.8 Å². The molecule has 1 amide bonds. The molecule has 1 heterocycles.